The SMILES string of the molecule is C=CCNc1ccccc1C(=O)N1CCC([C@@H](O)Cc2ccccc2)CC1. The molecule has 1 aliphatic rings. The Morgan fingerprint density at radius 3 is 2.52 bits per heavy atom. The van der Waals surface area contributed by atoms with Gasteiger partial charge in [0.25, 0.3) is 5.91 Å². The van der Waals surface area contributed by atoms with Crippen LogP contribution in [0, 0.1) is 5.92 Å². The van der Waals surface area contributed by atoms with Crippen molar-refractivity contribution in [3.05, 3.63) is 78.4 Å². The number of aliphatic hydroxyl groups is 1. The Hall–Kier alpha value is -2.59. The number of aliphatic hydroxyl groups excluding tert-OH is 1. The average molecular weight is 364 g/mol. The molecule has 1 atom stereocenters. The molecule has 2 aromatic carbocycles. The number of nitrogens with one attached hydrogen (secondary N) is 1. The maximum absolute atomic E-state index is 12.9. The highest BCUT2D eigenvalue weighted by Gasteiger charge is 2.28. The van der Waals surface area contributed by atoms with E-state index in [4.69, 9.17) is 0 Å². The van der Waals surface area contributed by atoms with Gasteiger partial charge in [0.15, 0.2) is 0 Å². The van der Waals surface area contributed by atoms with Crippen molar-refractivity contribution in [2.45, 2.75) is 25.4 Å². The van der Waals surface area contributed by atoms with Crippen LogP contribution in [0.5, 0.6) is 0 Å². The first kappa shape index (κ1) is 19.2. The number of carbonyl (C=O) groups excluding carboxylic acids is 1. The number of benzene rings is 2. The van der Waals surface area contributed by atoms with Gasteiger partial charge in [-0.25, -0.2) is 0 Å². The molecule has 0 saturated carbocycles. The fourth-order valence-corrected chi connectivity index (χ4v) is 3.69. The van der Waals surface area contributed by atoms with Crippen LogP contribution in [0.25, 0.3) is 0 Å². The molecule has 0 aromatic heterocycles. The van der Waals surface area contributed by atoms with E-state index >= 15 is 0 Å². The van der Waals surface area contributed by atoms with Crippen LogP contribution in [0.15, 0.2) is 67.3 Å². The standard InChI is InChI=1S/C23H28N2O2/c1-2-14-24-21-11-7-6-10-20(21)23(27)25-15-12-19(13-16-25)22(26)17-18-8-4-3-5-9-18/h2-11,19,22,24,26H,1,12-17H2/t22-/m0/s1. The van der Waals surface area contributed by atoms with Gasteiger partial charge < -0.3 is 15.3 Å². The van der Waals surface area contributed by atoms with Crippen LogP contribution >= 0.6 is 0 Å². The van der Waals surface area contributed by atoms with E-state index in [9.17, 15) is 9.90 Å². The van der Waals surface area contributed by atoms with E-state index in [1.807, 2.05) is 47.4 Å². The van der Waals surface area contributed by atoms with Crippen LogP contribution in [-0.4, -0.2) is 41.7 Å². The molecule has 0 unspecified atom stereocenters. The second-order valence-corrected chi connectivity index (χ2v) is 7.10. The smallest absolute Gasteiger partial charge is 0.255 e. The average Bonchev–Trinajstić information content (AvgIpc) is 2.73. The largest absolute Gasteiger partial charge is 0.392 e. The van der Waals surface area contributed by atoms with Gasteiger partial charge in [-0.15, -0.1) is 6.58 Å². The molecule has 142 valence electrons. The molecule has 0 aliphatic carbocycles. The first-order chi connectivity index (χ1) is 13.2. The van der Waals surface area contributed by atoms with Gasteiger partial charge in [0.1, 0.15) is 0 Å². The molecular weight excluding hydrogens is 336 g/mol. The van der Waals surface area contributed by atoms with Crippen LogP contribution in [0.1, 0.15) is 28.8 Å². The normalized spacial score (nSPS) is 16.0. The Labute approximate surface area is 161 Å². The lowest BCUT2D eigenvalue weighted by Crippen LogP contribution is -2.41. The van der Waals surface area contributed by atoms with Gasteiger partial charge in [-0.3, -0.25) is 4.79 Å². The molecule has 1 amide bonds. The quantitative estimate of drug-likeness (QED) is 0.736. The summed E-state index contributed by atoms with van der Waals surface area (Å²) in [6.45, 7) is 5.71. The monoisotopic (exact) mass is 364 g/mol. The lowest BCUT2D eigenvalue weighted by molar-refractivity contribution is 0.0468. The van der Waals surface area contributed by atoms with Crippen molar-refractivity contribution in [2.75, 3.05) is 25.0 Å². The number of nitrogens with zero attached hydrogens (tertiary/aromatic N) is 1. The molecule has 0 bridgehead atoms. The van der Waals surface area contributed by atoms with E-state index in [2.05, 4.69) is 24.0 Å². The predicted molar refractivity (Wildman–Crippen MR) is 110 cm³/mol. The van der Waals surface area contributed by atoms with Gasteiger partial charge in [0, 0.05) is 25.3 Å². The molecule has 4 heteroatoms. The minimum atomic E-state index is -0.355. The van der Waals surface area contributed by atoms with Crippen molar-refractivity contribution in [3.8, 4) is 0 Å². The van der Waals surface area contributed by atoms with Crippen molar-refractivity contribution in [1.29, 1.82) is 0 Å². The Kier molecular flexibility index (Phi) is 6.66. The van der Waals surface area contributed by atoms with Gasteiger partial charge in [-0.2, -0.15) is 0 Å². The van der Waals surface area contributed by atoms with E-state index in [1.54, 1.807) is 6.08 Å². The summed E-state index contributed by atoms with van der Waals surface area (Å²) in [4.78, 5) is 14.9. The Morgan fingerprint density at radius 2 is 1.81 bits per heavy atom. The molecule has 2 aromatic rings. The van der Waals surface area contributed by atoms with Gasteiger partial charge in [0.05, 0.1) is 11.7 Å². The fraction of sp³-hybridized carbons (Fsp3) is 0.348. The molecular formula is C23H28N2O2. The number of anilines is 1. The van der Waals surface area contributed by atoms with Gasteiger partial charge in [0.2, 0.25) is 0 Å². The van der Waals surface area contributed by atoms with Crippen molar-refractivity contribution in [2.24, 2.45) is 5.92 Å². The van der Waals surface area contributed by atoms with Crippen LogP contribution < -0.4 is 5.32 Å². The topological polar surface area (TPSA) is 52.6 Å². The minimum Gasteiger partial charge on any atom is -0.392 e. The van der Waals surface area contributed by atoms with E-state index < -0.39 is 0 Å². The number of amides is 1. The van der Waals surface area contributed by atoms with E-state index in [0.717, 1.165) is 24.1 Å². The van der Waals surface area contributed by atoms with E-state index in [-0.39, 0.29) is 17.9 Å². The van der Waals surface area contributed by atoms with Gasteiger partial charge in [-0.05, 0) is 42.9 Å². The minimum absolute atomic E-state index is 0.0539. The number of para-hydroxylation sites is 1. The zero-order valence-electron chi connectivity index (χ0n) is 15.7. The number of carbonyl (C=O) groups is 1. The highest BCUT2D eigenvalue weighted by atomic mass is 16.3. The molecule has 1 fully saturated rings. The first-order valence-electron chi connectivity index (χ1n) is 9.64. The second kappa shape index (κ2) is 9.38. The Balaban J connectivity index is 1.57. The summed E-state index contributed by atoms with van der Waals surface area (Å²) in [5.74, 6) is 0.293. The molecule has 0 radical (unpaired) electrons. The van der Waals surface area contributed by atoms with Crippen LogP contribution in [0.2, 0.25) is 0 Å². The fourth-order valence-electron chi connectivity index (χ4n) is 3.69. The summed E-state index contributed by atoms with van der Waals surface area (Å²) in [7, 11) is 0. The van der Waals surface area contributed by atoms with Crippen LogP contribution in [0.4, 0.5) is 5.69 Å². The molecule has 1 saturated heterocycles. The van der Waals surface area contributed by atoms with Crippen LogP contribution in [0.3, 0.4) is 0 Å². The summed E-state index contributed by atoms with van der Waals surface area (Å²) < 4.78 is 0. The molecule has 0 spiro atoms. The van der Waals surface area contributed by atoms with Gasteiger partial charge in [-0.1, -0.05) is 48.5 Å². The van der Waals surface area contributed by atoms with E-state index in [0.29, 0.717) is 31.6 Å². The molecule has 2 N–H and O–H groups in total. The third-order valence-electron chi connectivity index (χ3n) is 5.25. The van der Waals surface area contributed by atoms with Gasteiger partial charge >= 0.3 is 0 Å². The summed E-state index contributed by atoms with van der Waals surface area (Å²) in [6, 6.07) is 17.7. The number of likely N-dealkylation sites (tertiary alicyclic amines) is 1. The second-order valence-electron chi connectivity index (χ2n) is 7.10. The molecule has 1 aliphatic heterocycles. The zero-order chi connectivity index (χ0) is 19.1. The first-order valence-corrected chi connectivity index (χ1v) is 9.64. The molecule has 3 rings (SSSR count). The van der Waals surface area contributed by atoms with Crippen molar-refractivity contribution in [1.82, 2.24) is 4.90 Å². The summed E-state index contributed by atoms with van der Waals surface area (Å²) in [6.07, 6.45) is 3.77. The lowest BCUT2D eigenvalue weighted by Gasteiger charge is -2.34. The predicted octanol–water partition coefficient (Wildman–Crippen LogP) is 3.74. The highest BCUT2D eigenvalue weighted by molar-refractivity contribution is 5.99. The number of hydrogen-bond acceptors (Lipinski definition) is 3. The molecule has 27 heavy (non-hydrogen) atoms. The number of hydrogen-bond donors (Lipinski definition) is 2. The van der Waals surface area contributed by atoms with Crippen LogP contribution in [-0.2, 0) is 6.42 Å². The highest BCUT2D eigenvalue weighted by Crippen LogP contribution is 2.25. The summed E-state index contributed by atoms with van der Waals surface area (Å²) in [5.41, 5.74) is 2.70. The molecule has 4 nitrogen and oxygen atoms in total. The number of rotatable bonds is 7. The summed E-state index contributed by atoms with van der Waals surface area (Å²) in [5, 5.41) is 13.8. The third-order valence-corrected chi connectivity index (χ3v) is 5.25. The summed E-state index contributed by atoms with van der Waals surface area (Å²) >= 11 is 0. The maximum Gasteiger partial charge on any atom is 0.255 e. The third kappa shape index (κ3) is 4.98. The van der Waals surface area contributed by atoms with Crippen molar-refractivity contribution < 1.29 is 9.90 Å². The van der Waals surface area contributed by atoms with E-state index in [1.165, 1.54) is 0 Å². The molecule has 1 heterocycles. The Morgan fingerprint density at radius 1 is 1.15 bits per heavy atom. The van der Waals surface area contributed by atoms with Crippen molar-refractivity contribution >= 4 is 11.6 Å². The van der Waals surface area contributed by atoms with Crippen molar-refractivity contribution in [3.63, 3.8) is 0 Å². The Bertz CT molecular complexity index is 752. The number of piperidine rings is 1. The zero-order valence-corrected chi connectivity index (χ0v) is 15.7. The maximum atomic E-state index is 12.9. The lowest BCUT2D eigenvalue weighted by atomic mass is 9.87.